The van der Waals surface area contributed by atoms with Gasteiger partial charge in [0.25, 0.3) is 5.91 Å². The van der Waals surface area contributed by atoms with Crippen LogP contribution in [0.3, 0.4) is 0 Å². The molecule has 2 rings (SSSR count). The Bertz CT molecular complexity index is 436. The van der Waals surface area contributed by atoms with Gasteiger partial charge >= 0.3 is 0 Å². The highest BCUT2D eigenvalue weighted by Crippen LogP contribution is 2.21. The molecule has 0 atom stereocenters. The molecule has 1 aromatic carbocycles. The zero-order valence-corrected chi connectivity index (χ0v) is 11.9. The van der Waals surface area contributed by atoms with Crippen LogP contribution in [0.15, 0.2) is 18.2 Å². The lowest BCUT2D eigenvalue weighted by Crippen LogP contribution is -2.36. The summed E-state index contributed by atoms with van der Waals surface area (Å²) in [4.78, 5) is 12.2. The van der Waals surface area contributed by atoms with Crippen LogP contribution < -0.4 is 10.1 Å². The average molecular weight is 261 g/mol. The van der Waals surface area contributed by atoms with Gasteiger partial charge in [-0.1, -0.05) is 19.3 Å². The van der Waals surface area contributed by atoms with Crippen molar-refractivity contribution in [1.82, 2.24) is 5.32 Å². The quantitative estimate of drug-likeness (QED) is 0.901. The van der Waals surface area contributed by atoms with Gasteiger partial charge in [0, 0.05) is 11.6 Å². The topological polar surface area (TPSA) is 38.3 Å². The molecule has 1 fully saturated rings. The number of ether oxygens (including phenoxy) is 1. The minimum Gasteiger partial charge on any atom is -0.494 e. The van der Waals surface area contributed by atoms with Crippen molar-refractivity contribution in [2.24, 2.45) is 0 Å². The molecule has 1 N–H and O–H groups in total. The summed E-state index contributed by atoms with van der Waals surface area (Å²) >= 11 is 0. The fourth-order valence-corrected chi connectivity index (χ4v) is 2.62. The molecule has 19 heavy (non-hydrogen) atoms. The molecule has 3 nitrogen and oxygen atoms in total. The van der Waals surface area contributed by atoms with Crippen molar-refractivity contribution in [3.63, 3.8) is 0 Å². The summed E-state index contributed by atoms with van der Waals surface area (Å²) in [5, 5.41) is 3.13. The Kier molecular flexibility index (Phi) is 4.83. The predicted molar refractivity (Wildman–Crippen MR) is 76.7 cm³/mol. The summed E-state index contributed by atoms with van der Waals surface area (Å²) in [7, 11) is 0. The number of hydrogen-bond acceptors (Lipinski definition) is 2. The number of benzene rings is 1. The van der Waals surface area contributed by atoms with Crippen LogP contribution in [-0.2, 0) is 0 Å². The van der Waals surface area contributed by atoms with Crippen LogP contribution >= 0.6 is 0 Å². The van der Waals surface area contributed by atoms with E-state index in [0.717, 1.165) is 29.7 Å². The summed E-state index contributed by atoms with van der Waals surface area (Å²) in [6.45, 7) is 4.58. The smallest absolute Gasteiger partial charge is 0.251 e. The van der Waals surface area contributed by atoms with Crippen molar-refractivity contribution in [1.29, 1.82) is 0 Å². The number of carbonyl (C=O) groups is 1. The van der Waals surface area contributed by atoms with Gasteiger partial charge in [-0.25, -0.2) is 0 Å². The van der Waals surface area contributed by atoms with Gasteiger partial charge in [-0.2, -0.15) is 0 Å². The van der Waals surface area contributed by atoms with E-state index in [1.54, 1.807) is 0 Å². The van der Waals surface area contributed by atoms with E-state index in [1.165, 1.54) is 19.3 Å². The van der Waals surface area contributed by atoms with E-state index >= 15 is 0 Å². The molecule has 1 aliphatic rings. The molecule has 0 unspecified atom stereocenters. The second kappa shape index (κ2) is 6.60. The summed E-state index contributed by atoms with van der Waals surface area (Å²) in [5.74, 6) is 0.898. The standard InChI is InChI=1S/C16H23NO2/c1-3-19-15-10-9-13(11-12(15)2)16(18)17-14-7-5-4-6-8-14/h9-11,14H,3-8H2,1-2H3,(H,17,18). The number of aryl methyl sites for hydroxylation is 1. The average Bonchev–Trinajstić information content (AvgIpc) is 2.42. The summed E-state index contributed by atoms with van der Waals surface area (Å²) < 4.78 is 5.49. The molecule has 1 amide bonds. The molecule has 3 heteroatoms. The zero-order chi connectivity index (χ0) is 13.7. The van der Waals surface area contributed by atoms with Crippen LogP contribution in [0.1, 0.15) is 54.9 Å². The summed E-state index contributed by atoms with van der Waals surface area (Å²) in [6.07, 6.45) is 5.98. The highest BCUT2D eigenvalue weighted by Gasteiger charge is 2.17. The van der Waals surface area contributed by atoms with E-state index in [0.29, 0.717) is 12.6 Å². The van der Waals surface area contributed by atoms with Crippen LogP contribution in [0, 0.1) is 6.92 Å². The van der Waals surface area contributed by atoms with E-state index in [4.69, 9.17) is 4.74 Å². The summed E-state index contributed by atoms with van der Waals surface area (Å²) in [6, 6.07) is 5.99. The number of rotatable bonds is 4. The van der Waals surface area contributed by atoms with Crippen LogP contribution in [0.5, 0.6) is 5.75 Å². The van der Waals surface area contributed by atoms with Crippen LogP contribution in [0.25, 0.3) is 0 Å². The molecule has 0 spiro atoms. The van der Waals surface area contributed by atoms with Crippen molar-refractivity contribution in [3.05, 3.63) is 29.3 Å². The second-order valence-corrected chi connectivity index (χ2v) is 5.22. The highest BCUT2D eigenvalue weighted by molar-refractivity contribution is 5.94. The molecule has 0 heterocycles. The monoisotopic (exact) mass is 261 g/mol. The van der Waals surface area contributed by atoms with Crippen molar-refractivity contribution in [3.8, 4) is 5.75 Å². The van der Waals surface area contributed by atoms with Crippen molar-refractivity contribution in [2.75, 3.05) is 6.61 Å². The maximum absolute atomic E-state index is 12.2. The van der Waals surface area contributed by atoms with Gasteiger partial charge in [0.1, 0.15) is 5.75 Å². The molecule has 0 aliphatic heterocycles. The Hall–Kier alpha value is -1.51. The lowest BCUT2D eigenvalue weighted by Gasteiger charge is -2.22. The number of carbonyl (C=O) groups excluding carboxylic acids is 1. The predicted octanol–water partition coefficient (Wildman–Crippen LogP) is 3.46. The minimum absolute atomic E-state index is 0.0399. The molecular formula is C16H23NO2. The van der Waals surface area contributed by atoms with Gasteiger partial charge in [0.05, 0.1) is 6.61 Å². The maximum atomic E-state index is 12.2. The molecule has 1 aliphatic carbocycles. The Labute approximate surface area is 115 Å². The second-order valence-electron chi connectivity index (χ2n) is 5.22. The van der Waals surface area contributed by atoms with Gasteiger partial charge in [-0.15, -0.1) is 0 Å². The first-order chi connectivity index (χ1) is 9.20. The van der Waals surface area contributed by atoms with E-state index < -0.39 is 0 Å². The molecule has 0 aromatic heterocycles. The van der Waals surface area contributed by atoms with Gasteiger partial charge in [-0.3, -0.25) is 4.79 Å². The molecule has 1 saturated carbocycles. The fourth-order valence-electron chi connectivity index (χ4n) is 2.62. The van der Waals surface area contributed by atoms with Crippen LogP contribution in [0.2, 0.25) is 0 Å². The SMILES string of the molecule is CCOc1ccc(C(=O)NC2CCCCC2)cc1C. The highest BCUT2D eigenvalue weighted by atomic mass is 16.5. The summed E-state index contributed by atoms with van der Waals surface area (Å²) in [5.41, 5.74) is 1.74. The first kappa shape index (κ1) is 13.9. The molecule has 0 bridgehead atoms. The molecule has 0 radical (unpaired) electrons. The molecule has 104 valence electrons. The maximum Gasteiger partial charge on any atom is 0.251 e. The third-order valence-electron chi connectivity index (χ3n) is 3.68. The first-order valence-electron chi connectivity index (χ1n) is 7.25. The fraction of sp³-hybridized carbons (Fsp3) is 0.562. The lowest BCUT2D eigenvalue weighted by molar-refractivity contribution is 0.0927. The molecular weight excluding hydrogens is 238 g/mol. The Morgan fingerprint density at radius 1 is 1.32 bits per heavy atom. The normalized spacial score (nSPS) is 16.1. The largest absolute Gasteiger partial charge is 0.494 e. The van der Waals surface area contributed by atoms with Gasteiger partial charge in [0.2, 0.25) is 0 Å². The van der Waals surface area contributed by atoms with E-state index in [1.807, 2.05) is 32.0 Å². The molecule has 1 aromatic rings. The number of amides is 1. The van der Waals surface area contributed by atoms with Crippen LogP contribution in [-0.4, -0.2) is 18.6 Å². The number of nitrogens with one attached hydrogen (secondary N) is 1. The van der Waals surface area contributed by atoms with E-state index in [9.17, 15) is 4.79 Å². The van der Waals surface area contributed by atoms with Crippen molar-refractivity contribution >= 4 is 5.91 Å². The minimum atomic E-state index is 0.0399. The third-order valence-corrected chi connectivity index (χ3v) is 3.68. The molecule has 0 saturated heterocycles. The lowest BCUT2D eigenvalue weighted by atomic mass is 9.95. The third kappa shape index (κ3) is 3.72. The van der Waals surface area contributed by atoms with Gasteiger partial charge < -0.3 is 10.1 Å². The Morgan fingerprint density at radius 3 is 2.68 bits per heavy atom. The van der Waals surface area contributed by atoms with Crippen LogP contribution in [0.4, 0.5) is 0 Å². The Morgan fingerprint density at radius 2 is 2.05 bits per heavy atom. The van der Waals surface area contributed by atoms with E-state index in [-0.39, 0.29) is 5.91 Å². The zero-order valence-electron chi connectivity index (χ0n) is 11.9. The van der Waals surface area contributed by atoms with Crippen molar-refractivity contribution < 1.29 is 9.53 Å². The Balaban J connectivity index is 2.00. The van der Waals surface area contributed by atoms with Crippen molar-refractivity contribution in [2.45, 2.75) is 52.0 Å². The van der Waals surface area contributed by atoms with Gasteiger partial charge in [-0.05, 0) is 50.5 Å². The van der Waals surface area contributed by atoms with Gasteiger partial charge in [0.15, 0.2) is 0 Å². The number of hydrogen-bond donors (Lipinski definition) is 1. The first-order valence-corrected chi connectivity index (χ1v) is 7.25. The van der Waals surface area contributed by atoms with E-state index in [2.05, 4.69) is 5.32 Å².